The van der Waals surface area contributed by atoms with E-state index in [1.807, 2.05) is 31.2 Å². The number of benzene rings is 1. The van der Waals surface area contributed by atoms with Gasteiger partial charge in [-0.1, -0.05) is 29.8 Å². The topological polar surface area (TPSA) is 103 Å². The van der Waals surface area contributed by atoms with Crippen LogP contribution in [0.3, 0.4) is 0 Å². The van der Waals surface area contributed by atoms with Gasteiger partial charge >= 0.3 is 5.97 Å². The molecule has 1 aromatic carbocycles. The van der Waals surface area contributed by atoms with Crippen molar-refractivity contribution in [3.63, 3.8) is 0 Å². The maximum absolute atomic E-state index is 12.4. The first-order chi connectivity index (χ1) is 9.82. The van der Waals surface area contributed by atoms with E-state index in [4.69, 9.17) is 5.11 Å². The van der Waals surface area contributed by atoms with Gasteiger partial charge in [0.2, 0.25) is 0 Å². The molecule has 7 nitrogen and oxygen atoms in total. The highest BCUT2D eigenvalue weighted by molar-refractivity contribution is 7.89. The van der Waals surface area contributed by atoms with Crippen LogP contribution in [0.15, 0.2) is 35.5 Å². The first-order valence-corrected chi connectivity index (χ1v) is 7.55. The second kappa shape index (κ2) is 5.66. The van der Waals surface area contributed by atoms with Crippen LogP contribution in [0.2, 0.25) is 0 Å². The summed E-state index contributed by atoms with van der Waals surface area (Å²) in [6.45, 7) is 2.05. The Bertz CT molecular complexity index is 767. The Morgan fingerprint density at radius 3 is 2.76 bits per heavy atom. The fourth-order valence-corrected chi connectivity index (χ4v) is 3.15. The van der Waals surface area contributed by atoms with E-state index < -0.39 is 21.0 Å². The first-order valence-electron chi connectivity index (χ1n) is 6.11. The minimum atomic E-state index is -3.95. The van der Waals surface area contributed by atoms with Crippen LogP contribution >= 0.6 is 0 Å². The number of H-pyrrole nitrogens is 1. The molecule has 0 fully saturated rings. The lowest BCUT2D eigenvalue weighted by atomic mass is 10.1. The molecule has 0 unspecified atom stereocenters. The normalized spacial score (nSPS) is 11.8. The number of aromatic nitrogens is 2. The second-order valence-corrected chi connectivity index (χ2v) is 6.65. The lowest BCUT2D eigenvalue weighted by Gasteiger charge is -2.16. The summed E-state index contributed by atoms with van der Waals surface area (Å²) in [5, 5.41) is 14.3. The molecule has 2 N–H and O–H groups in total. The van der Waals surface area contributed by atoms with Gasteiger partial charge in [-0.2, -0.15) is 9.40 Å². The van der Waals surface area contributed by atoms with Gasteiger partial charge in [0.15, 0.2) is 5.03 Å². The Hall–Kier alpha value is -2.19. The Balaban J connectivity index is 2.31. The van der Waals surface area contributed by atoms with Crippen LogP contribution in [0.1, 0.15) is 21.5 Å². The van der Waals surface area contributed by atoms with Crippen molar-refractivity contribution in [2.24, 2.45) is 0 Å². The summed E-state index contributed by atoms with van der Waals surface area (Å²) >= 11 is 0. The van der Waals surface area contributed by atoms with E-state index >= 15 is 0 Å². The summed E-state index contributed by atoms with van der Waals surface area (Å²) in [6, 6.07) is 7.43. The Morgan fingerprint density at radius 1 is 1.43 bits per heavy atom. The van der Waals surface area contributed by atoms with E-state index in [2.05, 4.69) is 10.2 Å². The SMILES string of the molecule is Cc1cccc(CN(C)S(=O)(=O)c2[nH]ncc2C(=O)O)c1. The fourth-order valence-electron chi connectivity index (χ4n) is 1.93. The quantitative estimate of drug-likeness (QED) is 0.864. The number of nitrogens with one attached hydrogen (secondary N) is 1. The number of carbonyl (C=O) groups is 1. The molecule has 112 valence electrons. The Kier molecular flexibility index (Phi) is 4.10. The number of aryl methyl sites for hydroxylation is 1. The summed E-state index contributed by atoms with van der Waals surface area (Å²) in [4.78, 5) is 11.0. The highest BCUT2D eigenvalue weighted by atomic mass is 32.2. The molecular formula is C13H15N3O4S. The first kappa shape index (κ1) is 15.2. The van der Waals surface area contributed by atoms with Gasteiger partial charge in [0.1, 0.15) is 5.56 Å². The van der Waals surface area contributed by atoms with Crippen LogP contribution in [0.4, 0.5) is 0 Å². The van der Waals surface area contributed by atoms with E-state index in [9.17, 15) is 13.2 Å². The van der Waals surface area contributed by atoms with Gasteiger partial charge in [-0.05, 0) is 12.5 Å². The van der Waals surface area contributed by atoms with E-state index in [1.165, 1.54) is 7.05 Å². The van der Waals surface area contributed by atoms with Crippen molar-refractivity contribution in [1.29, 1.82) is 0 Å². The van der Waals surface area contributed by atoms with Gasteiger partial charge in [-0.25, -0.2) is 13.2 Å². The maximum atomic E-state index is 12.4. The fraction of sp³-hybridized carbons (Fsp3) is 0.231. The minimum absolute atomic E-state index is 0.141. The molecule has 0 atom stereocenters. The standard InChI is InChI=1S/C13H15N3O4S/c1-9-4-3-5-10(6-9)8-16(2)21(19,20)12-11(13(17)18)7-14-15-12/h3-7H,8H2,1-2H3,(H,14,15)(H,17,18). The molecule has 1 aromatic heterocycles. The highest BCUT2D eigenvalue weighted by Crippen LogP contribution is 2.18. The summed E-state index contributed by atoms with van der Waals surface area (Å²) in [7, 11) is -2.55. The van der Waals surface area contributed by atoms with E-state index in [0.717, 1.165) is 21.6 Å². The van der Waals surface area contributed by atoms with E-state index in [-0.39, 0.29) is 12.1 Å². The van der Waals surface area contributed by atoms with Crippen molar-refractivity contribution in [2.45, 2.75) is 18.5 Å². The van der Waals surface area contributed by atoms with E-state index in [0.29, 0.717) is 0 Å². The predicted molar refractivity (Wildman–Crippen MR) is 75.4 cm³/mol. The third-order valence-corrected chi connectivity index (χ3v) is 4.77. The van der Waals surface area contributed by atoms with Gasteiger partial charge in [-0.15, -0.1) is 0 Å². The van der Waals surface area contributed by atoms with Gasteiger partial charge in [0.25, 0.3) is 10.0 Å². The molecule has 0 bridgehead atoms. The molecule has 0 spiro atoms. The van der Waals surface area contributed by atoms with Crippen molar-refractivity contribution in [2.75, 3.05) is 7.05 Å². The molecule has 21 heavy (non-hydrogen) atoms. The third-order valence-electron chi connectivity index (χ3n) is 2.99. The average molecular weight is 309 g/mol. The van der Waals surface area contributed by atoms with Crippen LogP contribution in [0, 0.1) is 6.92 Å². The Morgan fingerprint density at radius 2 is 2.14 bits per heavy atom. The van der Waals surface area contributed by atoms with Crippen molar-refractivity contribution in [3.05, 3.63) is 47.2 Å². The lowest BCUT2D eigenvalue weighted by Crippen LogP contribution is -2.28. The van der Waals surface area contributed by atoms with Crippen molar-refractivity contribution >= 4 is 16.0 Å². The average Bonchev–Trinajstić information content (AvgIpc) is 2.88. The molecular weight excluding hydrogens is 294 g/mol. The van der Waals surface area contributed by atoms with Crippen molar-refractivity contribution in [3.8, 4) is 0 Å². The number of hydrogen-bond acceptors (Lipinski definition) is 4. The monoisotopic (exact) mass is 309 g/mol. The van der Waals surface area contributed by atoms with Crippen LogP contribution in [0.25, 0.3) is 0 Å². The number of rotatable bonds is 5. The molecule has 8 heteroatoms. The summed E-state index contributed by atoms with van der Waals surface area (Å²) in [5.41, 5.74) is 1.47. The largest absolute Gasteiger partial charge is 0.478 e. The van der Waals surface area contributed by atoms with Gasteiger partial charge < -0.3 is 5.11 Å². The smallest absolute Gasteiger partial charge is 0.340 e. The molecule has 0 amide bonds. The van der Waals surface area contributed by atoms with Crippen LogP contribution < -0.4 is 0 Å². The van der Waals surface area contributed by atoms with E-state index in [1.54, 1.807) is 0 Å². The molecule has 2 rings (SSSR count). The molecule has 0 aliphatic heterocycles. The number of hydrogen-bond donors (Lipinski definition) is 2. The molecule has 0 aliphatic rings. The maximum Gasteiger partial charge on any atom is 0.340 e. The van der Waals surface area contributed by atoms with Crippen LogP contribution in [-0.4, -0.2) is 41.0 Å². The lowest BCUT2D eigenvalue weighted by molar-refractivity contribution is 0.0692. The molecule has 2 aromatic rings. The summed E-state index contributed by atoms with van der Waals surface area (Å²) < 4.78 is 25.9. The van der Waals surface area contributed by atoms with Crippen LogP contribution in [0.5, 0.6) is 0 Å². The molecule has 0 aliphatic carbocycles. The zero-order valence-corrected chi connectivity index (χ0v) is 12.4. The number of carboxylic acids is 1. The highest BCUT2D eigenvalue weighted by Gasteiger charge is 2.28. The predicted octanol–water partition coefficient (Wildman–Crippen LogP) is 1.24. The molecule has 0 saturated heterocycles. The van der Waals surface area contributed by atoms with Gasteiger partial charge in [-0.3, -0.25) is 5.10 Å². The van der Waals surface area contributed by atoms with Crippen LogP contribution in [-0.2, 0) is 16.6 Å². The zero-order valence-electron chi connectivity index (χ0n) is 11.6. The number of aromatic carboxylic acids is 1. The third kappa shape index (κ3) is 3.11. The van der Waals surface area contributed by atoms with Crippen molar-refractivity contribution < 1.29 is 18.3 Å². The summed E-state index contributed by atoms with van der Waals surface area (Å²) in [5.74, 6) is -1.34. The minimum Gasteiger partial charge on any atom is -0.478 e. The number of nitrogens with zero attached hydrogens (tertiary/aromatic N) is 2. The second-order valence-electron chi connectivity index (χ2n) is 4.67. The number of sulfonamides is 1. The van der Waals surface area contributed by atoms with Crippen molar-refractivity contribution in [1.82, 2.24) is 14.5 Å². The molecule has 0 radical (unpaired) electrons. The zero-order chi connectivity index (χ0) is 15.6. The Labute approximate surface area is 122 Å². The van der Waals surface area contributed by atoms with Gasteiger partial charge in [0, 0.05) is 13.6 Å². The molecule has 0 saturated carbocycles. The number of carboxylic acid groups (broad SMARTS) is 1. The molecule has 1 heterocycles. The summed E-state index contributed by atoms with van der Waals surface area (Å²) in [6.07, 6.45) is 0.982. The van der Waals surface area contributed by atoms with Gasteiger partial charge in [0.05, 0.1) is 6.20 Å². The number of aromatic amines is 1.